The third-order valence-electron chi connectivity index (χ3n) is 6.45. The number of aliphatic hydroxyl groups is 1. The maximum Gasteiger partial charge on any atom is 0.407 e. The third kappa shape index (κ3) is 5.29. The number of hydrogen-bond acceptors (Lipinski definition) is 2. The molecule has 0 aromatic heterocycles. The van der Waals surface area contributed by atoms with Gasteiger partial charge in [-0.25, -0.2) is 4.79 Å². The molecule has 1 aliphatic rings. The zero-order chi connectivity index (χ0) is 21.2. The average Bonchev–Trinajstić information content (AvgIpc) is 2.47. The summed E-state index contributed by atoms with van der Waals surface area (Å²) in [5, 5.41) is 20.7. The second-order valence-electron chi connectivity index (χ2n) is 10.2. The van der Waals surface area contributed by atoms with E-state index in [1.54, 1.807) is 4.90 Å². The highest BCUT2D eigenvalue weighted by Gasteiger charge is 2.43. The van der Waals surface area contributed by atoms with Crippen LogP contribution in [0.25, 0.3) is 0 Å². The maximum atomic E-state index is 11.7. The lowest BCUT2D eigenvalue weighted by Crippen LogP contribution is -2.53. The van der Waals surface area contributed by atoms with Gasteiger partial charge in [-0.15, -0.1) is 5.54 Å². The molecule has 0 aliphatic heterocycles. The Morgan fingerprint density at radius 2 is 1.44 bits per heavy atom. The summed E-state index contributed by atoms with van der Waals surface area (Å²) in [4.78, 5) is 13.3. The van der Waals surface area contributed by atoms with Crippen molar-refractivity contribution in [3.8, 4) is 11.5 Å². The molecule has 156 valence electrons. The molecule has 1 rings (SSSR count). The molecule has 27 heavy (non-hydrogen) atoms. The van der Waals surface area contributed by atoms with Crippen LogP contribution in [-0.4, -0.2) is 46.5 Å². The van der Waals surface area contributed by atoms with E-state index in [0.29, 0.717) is 42.3 Å². The number of carbonyl (C=O) groups is 1. The minimum Gasteiger partial charge on any atom is -0.465 e. The van der Waals surface area contributed by atoms with Gasteiger partial charge in [-0.1, -0.05) is 47.5 Å². The van der Waals surface area contributed by atoms with Crippen LogP contribution in [0.1, 0.15) is 88.0 Å². The smallest absolute Gasteiger partial charge is 0.407 e. The molecule has 0 aromatic rings. The molecule has 1 aliphatic carbocycles. The second kappa shape index (κ2) is 8.57. The van der Waals surface area contributed by atoms with E-state index in [1.807, 2.05) is 20.8 Å². The van der Waals surface area contributed by atoms with Crippen molar-refractivity contribution in [3.05, 3.63) is 0 Å². The molecule has 1 fully saturated rings. The maximum absolute atomic E-state index is 11.7. The van der Waals surface area contributed by atoms with Crippen molar-refractivity contribution >= 4 is 14.2 Å². The van der Waals surface area contributed by atoms with Crippen LogP contribution < -0.4 is 0 Å². The Kier molecular flexibility index (Phi) is 7.63. The number of carboxylic acid groups (broad SMARTS) is 1. The molecule has 0 spiro atoms. The minimum atomic E-state index is -1.87. The van der Waals surface area contributed by atoms with Crippen molar-refractivity contribution < 1.29 is 15.0 Å². The van der Waals surface area contributed by atoms with Crippen LogP contribution in [0.3, 0.4) is 0 Å². The summed E-state index contributed by atoms with van der Waals surface area (Å²) in [6, 6.07) is -0.0492. The van der Waals surface area contributed by atoms with Gasteiger partial charge in [0.2, 0.25) is 0 Å². The fourth-order valence-corrected chi connectivity index (χ4v) is 10.4. The number of amides is 1. The lowest BCUT2D eigenvalue weighted by molar-refractivity contribution is 0.00400. The highest BCUT2D eigenvalue weighted by Crippen LogP contribution is 2.41. The van der Waals surface area contributed by atoms with Crippen LogP contribution in [0.4, 0.5) is 4.79 Å². The first kappa shape index (κ1) is 24.0. The normalized spacial score (nSPS) is 24.1. The summed E-state index contributed by atoms with van der Waals surface area (Å²) in [5.41, 5.74) is 3.84. The Morgan fingerprint density at radius 3 is 1.74 bits per heavy atom. The topological polar surface area (TPSA) is 60.8 Å². The number of nitrogens with zero attached hydrogens (tertiary/aromatic N) is 1. The van der Waals surface area contributed by atoms with Crippen molar-refractivity contribution in [3.63, 3.8) is 0 Å². The lowest BCUT2D eigenvalue weighted by Gasteiger charge is -2.44. The van der Waals surface area contributed by atoms with E-state index in [1.165, 1.54) is 0 Å². The third-order valence-corrected chi connectivity index (χ3v) is 12.7. The van der Waals surface area contributed by atoms with Gasteiger partial charge in [0.05, 0.1) is 0 Å². The van der Waals surface area contributed by atoms with Gasteiger partial charge in [0.15, 0.2) is 0 Å². The molecule has 1 saturated carbocycles. The van der Waals surface area contributed by atoms with Crippen molar-refractivity contribution in [1.82, 2.24) is 4.90 Å². The Balaban J connectivity index is 3.04. The van der Waals surface area contributed by atoms with Crippen LogP contribution in [-0.2, 0) is 0 Å². The fourth-order valence-electron chi connectivity index (χ4n) is 5.11. The van der Waals surface area contributed by atoms with Gasteiger partial charge in [0.1, 0.15) is 13.7 Å². The molecule has 0 heterocycles. The van der Waals surface area contributed by atoms with Crippen molar-refractivity contribution in [1.29, 1.82) is 0 Å². The first-order valence-corrected chi connectivity index (χ1v) is 12.7. The molecule has 2 N–H and O–H groups in total. The molecule has 1 amide bonds. The molecule has 0 unspecified atom stereocenters. The quantitative estimate of drug-likeness (QED) is 0.477. The highest BCUT2D eigenvalue weighted by atomic mass is 28.3. The van der Waals surface area contributed by atoms with Crippen molar-refractivity contribution in [2.24, 2.45) is 0 Å². The Morgan fingerprint density at radius 1 is 1.04 bits per heavy atom. The van der Waals surface area contributed by atoms with E-state index in [9.17, 15) is 15.0 Å². The average molecular weight is 396 g/mol. The van der Waals surface area contributed by atoms with Gasteiger partial charge < -0.3 is 15.1 Å². The van der Waals surface area contributed by atoms with Gasteiger partial charge in [0.25, 0.3) is 0 Å². The van der Waals surface area contributed by atoms with Crippen LogP contribution >= 0.6 is 0 Å². The summed E-state index contributed by atoms with van der Waals surface area (Å²) < 4.78 is 0. The van der Waals surface area contributed by atoms with Crippen LogP contribution in [0, 0.1) is 11.5 Å². The van der Waals surface area contributed by atoms with Gasteiger partial charge in [-0.05, 0) is 63.1 Å². The largest absolute Gasteiger partial charge is 0.465 e. The molecule has 0 atom stereocenters. The summed E-state index contributed by atoms with van der Waals surface area (Å²) in [5.74, 6) is 3.31. The van der Waals surface area contributed by atoms with Crippen molar-refractivity contribution in [2.45, 2.75) is 122 Å². The predicted molar refractivity (Wildman–Crippen MR) is 116 cm³/mol. The van der Waals surface area contributed by atoms with E-state index >= 15 is 0 Å². The number of hydrogen-bond donors (Lipinski definition) is 2. The van der Waals surface area contributed by atoms with Gasteiger partial charge in [-0.3, -0.25) is 0 Å². The molecule has 0 saturated heterocycles. The van der Waals surface area contributed by atoms with E-state index in [4.69, 9.17) is 0 Å². The summed E-state index contributed by atoms with van der Waals surface area (Å²) in [6.07, 6.45) is 1.53. The Bertz CT molecular complexity index is 551. The van der Waals surface area contributed by atoms with E-state index in [0.717, 1.165) is 0 Å². The monoisotopic (exact) mass is 395 g/mol. The summed E-state index contributed by atoms with van der Waals surface area (Å²) >= 11 is 0. The molecule has 0 radical (unpaired) electrons. The Labute approximate surface area is 167 Å². The molecular weight excluding hydrogens is 354 g/mol. The molecule has 5 heteroatoms. The molecule has 4 nitrogen and oxygen atoms in total. The van der Waals surface area contributed by atoms with E-state index < -0.39 is 25.3 Å². The predicted octanol–water partition coefficient (Wildman–Crippen LogP) is 5.66. The number of rotatable bonds is 4. The zero-order valence-corrected chi connectivity index (χ0v) is 19.9. The minimum absolute atomic E-state index is 0.0492. The van der Waals surface area contributed by atoms with Gasteiger partial charge >= 0.3 is 6.09 Å². The van der Waals surface area contributed by atoms with Gasteiger partial charge in [0, 0.05) is 11.6 Å². The molecule has 0 aromatic carbocycles. The summed E-state index contributed by atoms with van der Waals surface area (Å²) in [7, 11) is -1.87. The standard InChI is InChI=1S/C22H41NO3Si/c1-16(2)27(17(3)4,18(5)6)15-14-22(26)12-10-19(11-13-22)23(20(24)25)21(7,8)9/h16-19,26H,10-13H2,1-9H3,(H,24,25). The van der Waals surface area contributed by atoms with E-state index in [2.05, 4.69) is 53.0 Å². The zero-order valence-electron chi connectivity index (χ0n) is 18.9. The SMILES string of the molecule is CC(C)[Si](C#CC1(O)CCC(N(C(=O)O)C(C)(C)C)CC1)(C(C)C)C(C)C. The highest BCUT2D eigenvalue weighted by molar-refractivity contribution is 6.90. The molecular formula is C22H41NO3Si. The lowest BCUT2D eigenvalue weighted by atomic mass is 9.81. The van der Waals surface area contributed by atoms with Crippen LogP contribution in [0.15, 0.2) is 0 Å². The molecule has 0 bridgehead atoms. The van der Waals surface area contributed by atoms with E-state index in [-0.39, 0.29) is 6.04 Å². The Hall–Kier alpha value is -0.993. The fraction of sp³-hybridized carbons (Fsp3) is 0.864. The van der Waals surface area contributed by atoms with Crippen LogP contribution in [0.2, 0.25) is 16.6 Å². The van der Waals surface area contributed by atoms with Crippen molar-refractivity contribution in [2.75, 3.05) is 0 Å². The first-order valence-electron chi connectivity index (χ1n) is 10.5. The first-order chi connectivity index (χ1) is 12.2. The van der Waals surface area contributed by atoms with Gasteiger partial charge in [-0.2, -0.15) is 0 Å². The van der Waals surface area contributed by atoms with Crippen LogP contribution in [0.5, 0.6) is 0 Å². The second-order valence-corrected chi connectivity index (χ2v) is 15.8. The summed E-state index contributed by atoms with van der Waals surface area (Å²) in [6.45, 7) is 19.4.